The Morgan fingerprint density at radius 1 is 1.27 bits per heavy atom. The second-order valence-electron chi connectivity index (χ2n) is 8.74. The van der Waals surface area contributed by atoms with Crippen molar-refractivity contribution in [3.8, 4) is 0 Å². The average Bonchev–Trinajstić information content (AvgIpc) is 3.15. The lowest BCUT2D eigenvalue weighted by Crippen LogP contribution is -2.55. The van der Waals surface area contributed by atoms with E-state index in [0.29, 0.717) is 23.9 Å². The molecule has 2 aliphatic heterocycles. The molecule has 2 aromatic heterocycles. The fourth-order valence-corrected chi connectivity index (χ4v) is 5.00. The molecule has 0 saturated carbocycles. The Labute approximate surface area is 196 Å². The number of hydrogen-bond donors (Lipinski definition) is 2. The lowest BCUT2D eigenvalue weighted by Gasteiger charge is -2.40. The highest BCUT2D eigenvalue weighted by Crippen LogP contribution is 2.41. The number of halogens is 1. The van der Waals surface area contributed by atoms with Crippen molar-refractivity contribution in [3.05, 3.63) is 47.4 Å². The summed E-state index contributed by atoms with van der Waals surface area (Å²) in [6.07, 6.45) is 5.17. The highest BCUT2D eigenvalue weighted by Gasteiger charge is 2.41. The van der Waals surface area contributed by atoms with Crippen LogP contribution in [0.1, 0.15) is 31.7 Å². The molecular weight excluding hydrogens is 442 g/mol. The molecule has 1 saturated heterocycles. The number of rotatable bonds is 4. The lowest BCUT2D eigenvalue weighted by molar-refractivity contribution is -0.132. The van der Waals surface area contributed by atoms with Gasteiger partial charge in [-0.05, 0) is 31.9 Å². The summed E-state index contributed by atoms with van der Waals surface area (Å²) in [4.78, 5) is 28.4. The standard InChI is InChI=1S/C23H26ClN7O2/c1-23(11-19(32)31(22(25)29-23)15-6-8-33-9-7-15)16-4-3-5-17(20(16)24)28-14-10-18-21(26-12-14)30(2)13-27-18/h3-5,10,12-13,15,28H,6-9,11H2,1-2H3,(H2,25,29)/t23-/m0/s1. The number of nitrogens with zero attached hydrogens (tertiary/aromatic N) is 5. The van der Waals surface area contributed by atoms with Crippen LogP contribution in [0.4, 0.5) is 11.4 Å². The van der Waals surface area contributed by atoms with Crippen LogP contribution in [0.15, 0.2) is 41.8 Å². The zero-order valence-electron chi connectivity index (χ0n) is 18.6. The summed E-state index contributed by atoms with van der Waals surface area (Å²) in [6, 6.07) is 7.60. The van der Waals surface area contributed by atoms with Gasteiger partial charge in [-0.15, -0.1) is 0 Å². The van der Waals surface area contributed by atoms with Gasteiger partial charge in [0.1, 0.15) is 5.52 Å². The van der Waals surface area contributed by atoms with Crippen molar-refractivity contribution in [3.63, 3.8) is 0 Å². The van der Waals surface area contributed by atoms with E-state index in [-0.39, 0.29) is 24.3 Å². The number of anilines is 2. The number of amides is 1. The number of benzene rings is 1. The van der Waals surface area contributed by atoms with Crippen LogP contribution in [0, 0.1) is 0 Å². The summed E-state index contributed by atoms with van der Waals surface area (Å²) >= 11 is 6.83. The second kappa shape index (κ2) is 8.31. The Kier molecular flexibility index (Phi) is 5.46. The first kappa shape index (κ1) is 21.7. The molecule has 1 aromatic carbocycles. The first-order valence-electron chi connectivity index (χ1n) is 10.9. The van der Waals surface area contributed by atoms with Crippen LogP contribution in [-0.4, -0.2) is 50.6 Å². The first-order valence-corrected chi connectivity index (χ1v) is 11.3. The first-order chi connectivity index (χ1) is 15.9. The number of imidazole rings is 1. The van der Waals surface area contributed by atoms with E-state index < -0.39 is 5.54 Å². The Morgan fingerprint density at radius 2 is 2.06 bits per heavy atom. The van der Waals surface area contributed by atoms with Crippen molar-refractivity contribution in [1.29, 1.82) is 0 Å². The molecule has 5 rings (SSSR count). The summed E-state index contributed by atoms with van der Waals surface area (Å²) in [5.41, 5.74) is 9.24. The van der Waals surface area contributed by atoms with Crippen LogP contribution in [0.25, 0.3) is 11.2 Å². The van der Waals surface area contributed by atoms with Crippen molar-refractivity contribution in [2.24, 2.45) is 17.8 Å². The second-order valence-corrected chi connectivity index (χ2v) is 9.12. The number of nitrogens with two attached hydrogens (primary N) is 1. The topological polar surface area (TPSA) is 111 Å². The van der Waals surface area contributed by atoms with Gasteiger partial charge in [0.05, 0.1) is 40.9 Å². The highest BCUT2D eigenvalue weighted by atomic mass is 35.5. The van der Waals surface area contributed by atoms with E-state index in [2.05, 4.69) is 15.3 Å². The number of fused-ring (bicyclic) bond motifs is 1. The Balaban J connectivity index is 1.45. The zero-order valence-corrected chi connectivity index (χ0v) is 19.3. The van der Waals surface area contributed by atoms with Gasteiger partial charge in [-0.3, -0.25) is 9.69 Å². The number of aliphatic imine (C=N–C) groups is 1. The van der Waals surface area contributed by atoms with Gasteiger partial charge in [0, 0.05) is 31.9 Å². The van der Waals surface area contributed by atoms with Gasteiger partial charge in [0.25, 0.3) is 0 Å². The monoisotopic (exact) mass is 467 g/mol. The molecule has 3 aromatic rings. The largest absolute Gasteiger partial charge is 0.381 e. The molecule has 0 radical (unpaired) electrons. The maximum absolute atomic E-state index is 13.2. The van der Waals surface area contributed by atoms with Gasteiger partial charge in [0.2, 0.25) is 5.91 Å². The molecule has 0 aliphatic carbocycles. The van der Waals surface area contributed by atoms with E-state index in [1.54, 1.807) is 17.4 Å². The summed E-state index contributed by atoms with van der Waals surface area (Å²) in [5.74, 6) is 0.191. The van der Waals surface area contributed by atoms with Crippen molar-refractivity contribution < 1.29 is 9.53 Å². The van der Waals surface area contributed by atoms with E-state index in [9.17, 15) is 4.79 Å². The SMILES string of the molecule is Cn1cnc2cc(Nc3cccc([C@]4(C)CC(=O)N(C5CCOCC5)C(N)=N4)c3Cl)cnc21. The van der Waals surface area contributed by atoms with Gasteiger partial charge in [-0.1, -0.05) is 23.7 Å². The smallest absolute Gasteiger partial charge is 0.232 e. The molecule has 1 fully saturated rings. The normalized spacial score (nSPS) is 22.0. The Bertz CT molecular complexity index is 1250. The van der Waals surface area contributed by atoms with Gasteiger partial charge in [0.15, 0.2) is 11.6 Å². The zero-order chi connectivity index (χ0) is 23.2. The minimum absolute atomic E-state index is 0.0250. The molecule has 9 nitrogen and oxygen atoms in total. The molecule has 1 atom stereocenters. The van der Waals surface area contributed by atoms with Crippen LogP contribution in [0.5, 0.6) is 0 Å². The van der Waals surface area contributed by atoms with E-state index in [1.807, 2.05) is 42.8 Å². The predicted octanol–water partition coefficient (Wildman–Crippen LogP) is 3.31. The summed E-state index contributed by atoms with van der Waals surface area (Å²) < 4.78 is 7.28. The van der Waals surface area contributed by atoms with Crippen LogP contribution in [0.3, 0.4) is 0 Å². The number of nitrogens with one attached hydrogen (secondary N) is 1. The molecule has 33 heavy (non-hydrogen) atoms. The minimum Gasteiger partial charge on any atom is -0.381 e. The van der Waals surface area contributed by atoms with Gasteiger partial charge in [-0.2, -0.15) is 0 Å². The third kappa shape index (κ3) is 3.91. The number of pyridine rings is 1. The quantitative estimate of drug-likeness (QED) is 0.609. The molecular formula is C23H26ClN7O2. The number of aromatic nitrogens is 3. The maximum atomic E-state index is 13.2. The molecule has 4 heterocycles. The molecule has 0 spiro atoms. The van der Waals surface area contributed by atoms with Crippen LogP contribution < -0.4 is 11.1 Å². The fourth-order valence-electron chi connectivity index (χ4n) is 4.63. The lowest BCUT2D eigenvalue weighted by atomic mass is 9.86. The molecule has 172 valence electrons. The minimum atomic E-state index is -0.860. The number of ether oxygens (including phenoxy) is 1. The summed E-state index contributed by atoms with van der Waals surface area (Å²) in [7, 11) is 1.90. The van der Waals surface area contributed by atoms with E-state index in [4.69, 9.17) is 27.1 Å². The van der Waals surface area contributed by atoms with Crippen molar-refractivity contribution in [2.45, 2.75) is 37.8 Å². The highest BCUT2D eigenvalue weighted by molar-refractivity contribution is 6.34. The number of carbonyl (C=O) groups excluding carboxylic acids is 1. The predicted molar refractivity (Wildman–Crippen MR) is 128 cm³/mol. The van der Waals surface area contributed by atoms with Crippen LogP contribution >= 0.6 is 11.6 Å². The van der Waals surface area contributed by atoms with E-state index >= 15 is 0 Å². The average molecular weight is 468 g/mol. The maximum Gasteiger partial charge on any atom is 0.232 e. The van der Waals surface area contributed by atoms with Crippen LogP contribution in [-0.2, 0) is 22.1 Å². The molecule has 3 N–H and O–H groups in total. The number of guanidine groups is 1. The molecule has 0 bridgehead atoms. The van der Waals surface area contributed by atoms with Gasteiger partial charge in [-0.25, -0.2) is 15.0 Å². The van der Waals surface area contributed by atoms with Crippen molar-refractivity contribution in [1.82, 2.24) is 19.4 Å². The number of aryl methyl sites for hydroxylation is 1. The Morgan fingerprint density at radius 3 is 2.82 bits per heavy atom. The Hall–Kier alpha value is -3.17. The van der Waals surface area contributed by atoms with Crippen molar-refractivity contribution in [2.75, 3.05) is 18.5 Å². The number of hydrogen-bond acceptors (Lipinski definition) is 7. The molecule has 10 heteroatoms. The third-order valence-corrected chi connectivity index (χ3v) is 6.74. The fraction of sp³-hybridized carbons (Fsp3) is 0.391. The summed E-state index contributed by atoms with van der Waals surface area (Å²) in [6.45, 7) is 3.14. The molecule has 0 unspecified atom stereocenters. The van der Waals surface area contributed by atoms with Crippen LogP contribution in [0.2, 0.25) is 5.02 Å². The van der Waals surface area contributed by atoms with Gasteiger partial charge >= 0.3 is 0 Å². The van der Waals surface area contributed by atoms with E-state index in [0.717, 1.165) is 35.3 Å². The van der Waals surface area contributed by atoms with Gasteiger partial charge < -0.3 is 20.4 Å². The third-order valence-electron chi connectivity index (χ3n) is 6.34. The summed E-state index contributed by atoms with van der Waals surface area (Å²) in [5, 5.41) is 3.81. The molecule has 2 aliphatic rings. The number of carbonyl (C=O) groups is 1. The molecule has 1 amide bonds. The van der Waals surface area contributed by atoms with E-state index in [1.165, 1.54) is 0 Å². The van der Waals surface area contributed by atoms with Crippen molar-refractivity contribution >= 4 is 46.0 Å².